The van der Waals surface area contributed by atoms with Crippen molar-refractivity contribution >= 4 is 29.5 Å². The number of amides is 5. The van der Waals surface area contributed by atoms with Crippen molar-refractivity contribution in [3.8, 4) is 17.6 Å². The minimum atomic E-state index is -2.07. The molecular formula is C61H93N5O31. The van der Waals surface area contributed by atoms with E-state index in [1.165, 1.54) is 12.1 Å². The van der Waals surface area contributed by atoms with Crippen LogP contribution in [0.5, 0.6) is 5.75 Å². The third-order valence-corrected chi connectivity index (χ3v) is 17.3. The maximum absolute atomic E-state index is 13.9. The molecule has 7 saturated heterocycles. The van der Waals surface area contributed by atoms with Gasteiger partial charge in [-0.2, -0.15) is 0 Å². The van der Waals surface area contributed by atoms with Crippen LogP contribution in [0.4, 0.5) is 0 Å². The largest absolute Gasteiger partial charge is 0.494 e. The Hall–Kier alpha value is -5.07. The molecule has 7 aliphatic rings. The fourth-order valence-electron chi connectivity index (χ4n) is 12.3. The summed E-state index contributed by atoms with van der Waals surface area (Å²) in [5, 5.41) is 158. The van der Waals surface area contributed by atoms with Crippen LogP contribution in [0, 0.1) is 11.8 Å². The number of rotatable bonds is 29. The molecular weight excluding hydrogens is 1300 g/mol. The zero-order chi connectivity index (χ0) is 70.5. The molecule has 1 aromatic carbocycles. The highest BCUT2D eigenvalue weighted by atomic mass is 16.8. The van der Waals surface area contributed by atoms with Gasteiger partial charge >= 0.3 is 0 Å². The number of benzene rings is 1. The van der Waals surface area contributed by atoms with Crippen LogP contribution in [-0.4, -0.2) is 320 Å². The lowest BCUT2D eigenvalue weighted by Crippen LogP contribution is -2.72. The Labute approximate surface area is 557 Å². The zero-order valence-corrected chi connectivity index (χ0v) is 54.0. The van der Waals surface area contributed by atoms with E-state index >= 15 is 0 Å². The molecule has 30 atom stereocenters. The van der Waals surface area contributed by atoms with Gasteiger partial charge in [0.25, 0.3) is 5.91 Å². The number of ether oxygens (including phenoxy) is 13. The molecule has 0 bridgehead atoms. The number of hydrogen-bond donors (Lipinski definition) is 18. The summed E-state index contributed by atoms with van der Waals surface area (Å²) in [6, 6.07) is -2.53. The van der Waals surface area contributed by atoms with E-state index in [4.69, 9.17) is 61.6 Å². The molecule has 0 radical (unpaired) electrons. The van der Waals surface area contributed by atoms with Crippen molar-refractivity contribution in [2.45, 2.75) is 264 Å². The number of unbranched alkanes of at least 4 members (excludes halogenated alkanes) is 5. The second-order valence-electron chi connectivity index (χ2n) is 24.7. The summed E-state index contributed by atoms with van der Waals surface area (Å²) < 4.78 is 77.1. The highest BCUT2D eigenvalue weighted by molar-refractivity contribution is 5.94. The van der Waals surface area contributed by atoms with E-state index in [-0.39, 0.29) is 12.2 Å². The van der Waals surface area contributed by atoms with Crippen molar-refractivity contribution < 1.29 is 152 Å². The van der Waals surface area contributed by atoms with Crippen LogP contribution in [0.3, 0.4) is 0 Å². The number of aliphatic hydroxyl groups is 13. The molecule has 7 fully saturated rings. The summed E-state index contributed by atoms with van der Waals surface area (Å²) in [6.07, 6.45) is -36.8. The number of hydrogen-bond acceptors (Lipinski definition) is 31. The van der Waals surface area contributed by atoms with Gasteiger partial charge in [-0.05, 0) is 31.0 Å². The molecule has 8 rings (SSSR count). The van der Waals surface area contributed by atoms with E-state index in [1.54, 1.807) is 12.1 Å². The van der Waals surface area contributed by atoms with Gasteiger partial charge in [0.1, 0.15) is 146 Å². The molecule has 14 unspecified atom stereocenters. The first-order valence-corrected chi connectivity index (χ1v) is 32.3. The molecule has 1 aromatic rings. The summed E-state index contributed by atoms with van der Waals surface area (Å²) in [5.74, 6) is 2.58. The van der Waals surface area contributed by atoms with E-state index in [9.17, 15) is 90.4 Å². The summed E-state index contributed by atoms with van der Waals surface area (Å²) in [4.78, 5) is 64.9. The van der Waals surface area contributed by atoms with Gasteiger partial charge in [0.15, 0.2) is 44.0 Å². The first-order valence-electron chi connectivity index (χ1n) is 32.3. The topological polar surface area (TPSA) is 532 Å². The van der Waals surface area contributed by atoms with E-state index in [0.29, 0.717) is 18.6 Å². The number of fused-ring (bicyclic) bond motifs is 1. The lowest BCUT2D eigenvalue weighted by molar-refractivity contribution is -0.368. The lowest BCUT2D eigenvalue weighted by atomic mass is 9.93. The van der Waals surface area contributed by atoms with Crippen LogP contribution in [0.1, 0.15) is 89.9 Å². The molecule has 7 aliphatic heterocycles. The van der Waals surface area contributed by atoms with Crippen molar-refractivity contribution in [3.63, 3.8) is 0 Å². The van der Waals surface area contributed by atoms with Crippen molar-refractivity contribution in [3.05, 3.63) is 29.8 Å². The molecule has 0 aliphatic carbocycles. The van der Waals surface area contributed by atoms with Crippen molar-refractivity contribution in [1.82, 2.24) is 26.6 Å². The maximum atomic E-state index is 13.9. The summed E-state index contributed by atoms with van der Waals surface area (Å²) in [5.41, 5.74) is 0.0344. The van der Waals surface area contributed by atoms with Gasteiger partial charge in [0.2, 0.25) is 23.6 Å². The van der Waals surface area contributed by atoms with Crippen molar-refractivity contribution in [2.24, 2.45) is 0 Å². The predicted octanol–water partition coefficient (Wildman–Crippen LogP) is -7.95. The molecule has 36 heteroatoms. The van der Waals surface area contributed by atoms with Crippen LogP contribution >= 0.6 is 0 Å². The van der Waals surface area contributed by atoms with Crippen molar-refractivity contribution in [2.75, 3.05) is 39.6 Å². The molecule has 97 heavy (non-hydrogen) atoms. The SMILES string of the molecule is CCCCCCC#CCCCOc1cccc(C(=O)N[C@@H]2C(O[C@H]3C(O)C(NC(C)=O)[C@H](OC4C(CO)O[C@@H](O[C@H]5C(O)C(NC(C)=O)C(OC6C(CO[C@@H]7OC8OC8[C@H](O)[C@H]7O)OC(O)[C@@H](NC(C)=O)[C@@H]6O)O[C@H]5CO)[C@@H](NC(C)=O)[C@@H]4O)O[C@H]3CO)OC(CO)[C@@H](O)[C@@H]2O)c1. The van der Waals surface area contributed by atoms with Crippen LogP contribution < -0.4 is 31.3 Å². The first-order chi connectivity index (χ1) is 46.3. The Morgan fingerprint density at radius 3 is 1.37 bits per heavy atom. The van der Waals surface area contributed by atoms with Gasteiger partial charge < -0.3 is 155 Å². The Morgan fingerprint density at radius 1 is 0.454 bits per heavy atom. The normalized spacial score (nSPS) is 40.2. The molecule has 548 valence electrons. The first kappa shape index (κ1) is 77.7. The Kier molecular flexibility index (Phi) is 28.8. The highest BCUT2D eigenvalue weighted by Gasteiger charge is 2.60. The monoisotopic (exact) mass is 1390 g/mol. The lowest BCUT2D eigenvalue weighted by Gasteiger charge is -2.51. The number of carbonyl (C=O) groups excluding carboxylic acids is 5. The average Bonchev–Trinajstić information content (AvgIpc) is 1.67. The highest BCUT2D eigenvalue weighted by Crippen LogP contribution is 2.39. The molecule has 36 nitrogen and oxygen atoms in total. The number of epoxide rings is 1. The summed E-state index contributed by atoms with van der Waals surface area (Å²) >= 11 is 0. The number of nitrogens with one attached hydrogen (secondary N) is 5. The van der Waals surface area contributed by atoms with Gasteiger partial charge in [0.05, 0.1) is 39.6 Å². The van der Waals surface area contributed by atoms with Crippen LogP contribution in [0.15, 0.2) is 24.3 Å². The Balaban J connectivity index is 0.967. The Morgan fingerprint density at radius 2 is 0.897 bits per heavy atom. The van der Waals surface area contributed by atoms with Crippen LogP contribution in [0.25, 0.3) is 0 Å². The zero-order valence-electron chi connectivity index (χ0n) is 54.0. The molecule has 18 N–H and O–H groups in total. The van der Waals surface area contributed by atoms with Gasteiger partial charge in [-0.3, -0.25) is 24.0 Å². The molecule has 0 aromatic heterocycles. The van der Waals surface area contributed by atoms with Crippen molar-refractivity contribution in [1.29, 1.82) is 0 Å². The van der Waals surface area contributed by atoms with Crippen LogP contribution in [-0.2, 0) is 76.0 Å². The third-order valence-electron chi connectivity index (χ3n) is 17.3. The van der Waals surface area contributed by atoms with E-state index in [2.05, 4.69) is 45.3 Å². The van der Waals surface area contributed by atoms with Gasteiger partial charge in [-0.1, -0.05) is 32.3 Å². The average molecular weight is 1390 g/mol. The second kappa shape index (κ2) is 36.0. The Bertz CT molecular complexity index is 2790. The van der Waals surface area contributed by atoms with Gasteiger partial charge in [0, 0.05) is 46.1 Å². The summed E-state index contributed by atoms with van der Waals surface area (Å²) in [7, 11) is 0. The number of carbonyl (C=O) groups is 5. The second-order valence-corrected chi connectivity index (χ2v) is 24.7. The fourth-order valence-corrected chi connectivity index (χ4v) is 12.3. The van der Waals surface area contributed by atoms with Crippen LogP contribution in [0.2, 0.25) is 0 Å². The van der Waals surface area contributed by atoms with E-state index in [1.807, 2.05) is 0 Å². The molecule has 0 spiro atoms. The third kappa shape index (κ3) is 19.5. The maximum Gasteiger partial charge on any atom is 0.251 e. The molecule has 5 amide bonds. The van der Waals surface area contributed by atoms with Gasteiger partial charge in [-0.15, -0.1) is 11.8 Å². The minimum absolute atomic E-state index is 0.0344. The minimum Gasteiger partial charge on any atom is -0.494 e. The number of aliphatic hydroxyl groups excluding tert-OH is 13. The predicted molar refractivity (Wildman–Crippen MR) is 320 cm³/mol. The van der Waals surface area contributed by atoms with E-state index in [0.717, 1.165) is 59.8 Å². The smallest absolute Gasteiger partial charge is 0.251 e. The summed E-state index contributed by atoms with van der Waals surface area (Å²) in [6.45, 7) is 1.94. The fraction of sp³-hybridized carbons (Fsp3) is 0.787. The molecule has 7 heterocycles. The standard InChI is InChI=1S/C61H93N5O31/c1-6-7-8-9-10-11-12-13-14-18-85-30-17-15-16-29(19-30)54(83)66-37-42(76)41(75)31(20-67)88-56(37)92-49-32(21-68)89-57(38(44(49)78)63-26(3)72)93-50-33(22-69)90-58(39(45(50)79)64-27(4)73)94-51-34(23-70)91-59(40(46(51)80)65-28(5)74)95-52-35(87-55(84)36(43(52)77)62-25(2)71)24-86-60-48(82)47(81)53-61(96-53)97-60/h15-17,19,31-53,55-61,67-70,75-82,84H,6-10,13-14,18,20-24H2,1-5H3,(H,62,71)(H,63,72)(H,64,73)(H,65,74)(H,66,83)/t31?,32-,33?,34-,35?,36-,37-,38?,39-,40?,41+,42+,43-,44?,45-,46?,47+,48+,49+,50?,51+,52?,53?,55?,56?,57-,58-,59?,60+,61?/m0/s1. The van der Waals surface area contributed by atoms with E-state index < -0.39 is 247 Å². The molecule has 0 saturated carbocycles. The van der Waals surface area contributed by atoms with Gasteiger partial charge in [-0.25, -0.2) is 0 Å². The quantitative estimate of drug-likeness (QED) is 0.0201.